The predicted molar refractivity (Wildman–Crippen MR) is 159 cm³/mol. The highest BCUT2D eigenvalue weighted by Gasteiger charge is 2.36. The van der Waals surface area contributed by atoms with Gasteiger partial charge in [0.05, 0.1) is 27.4 Å². The van der Waals surface area contributed by atoms with Crippen LogP contribution in [0.4, 0.5) is 0 Å². The van der Waals surface area contributed by atoms with Gasteiger partial charge in [0.1, 0.15) is 0 Å². The molecule has 0 atom stereocenters. The van der Waals surface area contributed by atoms with E-state index in [4.69, 9.17) is 17.8 Å². The predicted octanol–water partition coefficient (Wildman–Crippen LogP) is 10.3. The van der Waals surface area contributed by atoms with Crippen LogP contribution >= 0.6 is 0 Å². The molecule has 0 aromatic heterocycles. The zero-order valence-corrected chi connectivity index (χ0v) is 19.5. The van der Waals surface area contributed by atoms with Crippen molar-refractivity contribution in [3.05, 3.63) is 132 Å². The lowest BCUT2D eigenvalue weighted by Gasteiger charge is -2.23. The van der Waals surface area contributed by atoms with Gasteiger partial charge in [-0.1, -0.05) is 123 Å². The Kier molecular flexibility index (Phi) is 1.81. The summed E-state index contributed by atoms with van der Waals surface area (Å²) in [4.78, 5) is 0. The van der Waals surface area contributed by atoms with Crippen molar-refractivity contribution in [3.63, 3.8) is 0 Å². The first-order valence-electron chi connectivity index (χ1n) is 21.5. The molecule has 1 aliphatic rings. The lowest BCUT2D eigenvalue weighted by molar-refractivity contribution is 0.666. The Morgan fingerprint density at radius 1 is 0.486 bits per heavy atom. The van der Waals surface area contributed by atoms with Crippen molar-refractivity contribution in [2.75, 3.05) is 0 Å². The van der Waals surface area contributed by atoms with Crippen LogP contribution < -0.4 is 0 Å². The minimum Gasteiger partial charge on any atom is -0.0619 e. The summed E-state index contributed by atoms with van der Waals surface area (Å²) in [6.07, 6.45) is 0. The Balaban J connectivity index is 1.70. The maximum absolute atomic E-state index is 9.70. The van der Waals surface area contributed by atoms with Gasteiger partial charge in [-0.15, -0.1) is 0 Å². The van der Waals surface area contributed by atoms with E-state index in [2.05, 4.69) is 0 Å². The number of benzene rings is 7. The number of fused-ring (bicyclic) bond motifs is 9. The zero-order chi connectivity index (χ0) is 42.1. The Hall–Kier alpha value is -4.42. The van der Waals surface area contributed by atoms with Crippen LogP contribution in [0.25, 0.3) is 65.3 Å². The van der Waals surface area contributed by atoms with Crippen molar-refractivity contribution in [3.8, 4) is 22.3 Å². The molecule has 0 radical (unpaired) electrons. The summed E-state index contributed by atoms with van der Waals surface area (Å²) in [5.41, 5.74) is -2.39. The molecule has 0 spiro atoms. The second kappa shape index (κ2) is 7.31. The van der Waals surface area contributed by atoms with Crippen molar-refractivity contribution < 1.29 is 27.4 Å². The van der Waals surface area contributed by atoms with Gasteiger partial charge in [0, 0.05) is 5.41 Å². The van der Waals surface area contributed by atoms with Crippen molar-refractivity contribution in [1.82, 2.24) is 0 Å². The summed E-state index contributed by atoms with van der Waals surface area (Å²) in [6.45, 7) is 3.20. The third-order valence-corrected chi connectivity index (χ3v) is 7.00. The molecule has 8 rings (SSSR count). The molecule has 0 nitrogen and oxygen atoms in total. The van der Waals surface area contributed by atoms with Crippen molar-refractivity contribution in [2.24, 2.45) is 0 Å². The van der Waals surface area contributed by atoms with E-state index in [9.17, 15) is 9.60 Å². The summed E-state index contributed by atoms with van der Waals surface area (Å²) in [5.74, 6) is 0. The maximum atomic E-state index is 9.70. The van der Waals surface area contributed by atoms with E-state index >= 15 is 0 Å². The normalized spacial score (nSPS) is 21.5. The van der Waals surface area contributed by atoms with Gasteiger partial charge in [-0.05, 0) is 88.6 Å². The molecule has 0 heteroatoms. The number of hydrogen-bond acceptors (Lipinski definition) is 0. The Bertz CT molecular complexity index is 3150. The average Bonchev–Trinajstić information content (AvgIpc) is 3.41. The van der Waals surface area contributed by atoms with Gasteiger partial charge in [-0.2, -0.15) is 0 Å². The molecular weight excluding hydrogens is 444 g/mol. The van der Waals surface area contributed by atoms with E-state index in [1.54, 1.807) is 13.8 Å². The van der Waals surface area contributed by atoms with E-state index in [0.29, 0.717) is 0 Å². The van der Waals surface area contributed by atoms with Gasteiger partial charge < -0.3 is 0 Å². The van der Waals surface area contributed by atoms with Crippen LogP contribution in [0.1, 0.15) is 52.4 Å². The Morgan fingerprint density at radius 3 is 2.05 bits per heavy atom. The summed E-state index contributed by atoms with van der Waals surface area (Å²) >= 11 is 0. The van der Waals surface area contributed by atoms with Gasteiger partial charge in [-0.25, -0.2) is 0 Å². The van der Waals surface area contributed by atoms with E-state index in [1.807, 2.05) is 0 Å². The van der Waals surface area contributed by atoms with E-state index in [1.165, 1.54) is 0 Å². The molecule has 0 heterocycles. The van der Waals surface area contributed by atoms with Crippen molar-refractivity contribution in [2.45, 2.75) is 19.3 Å². The molecular formula is C37H26. The third-order valence-electron chi connectivity index (χ3n) is 7.00. The molecule has 0 saturated carbocycles. The van der Waals surface area contributed by atoms with Gasteiger partial charge in [0.2, 0.25) is 0 Å². The standard InChI is InChI=1S/C37H26/c1-37(2)34-14-8-7-13-30(34)32-20-16-25-21-26(17-18-29(25)36(32)37)35-28-12-6-4-10-24(28)22-33-27-11-5-3-9-23(27)15-19-31(33)35/h3-22H,1-2H3/i3D,4D,5D,6D,7D,8D,9D,10D,11D,12D,13D,14D,15D,16D,17D,18D,19D,20D,21D,22D. The minimum absolute atomic E-state index is 0.0554. The molecule has 0 amide bonds. The second-order valence-corrected chi connectivity index (χ2v) is 9.38. The molecule has 0 unspecified atom stereocenters. The Labute approximate surface area is 244 Å². The fourth-order valence-corrected chi connectivity index (χ4v) is 5.34. The molecule has 174 valence electrons. The largest absolute Gasteiger partial charge is 0.0636 e. The highest BCUT2D eigenvalue weighted by atomic mass is 14.4. The summed E-state index contributed by atoms with van der Waals surface area (Å²) in [7, 11) is 0. The van der Waals surface area contributed by atoms with Crippen LogP contribution in [0, 0.1) is 0 Å². The first-order chi connectivity index (χ1) is 26.5. The van der Waals surface area contributed by atoms with Crippen LogP contribution in [0.15, 0.2) is 121 Å². The SMILES string of the molecule is [2H]c1c([2H])c([2H])c2c(c1[2H])-c1c([2H])c([2H])c3c([2H])c(-c4c5c([2H])c([2H])c([2H])c([2H])c5c([2H])c5c4c([2H])c([2H])c4c([2H])c([2H])c([2H])c([2H])c45)c([2H])c([2H])c3c1C2(C)C. The highest BCUT2D eigenvalue weighted by molar-refractivity contribution is 6.20. The van der Waals surface area contributed by atoms with Crippen LogP contribution in [-0.4, -0.2) is 0 Å². The van der Waals surface area contributed by atoms with E-state index in [0.717, 1.165) is 0 Å². The smallest absolute Gasteiger partial charge is 0.0619 e. The van der Waals surface area contributed by atoms with Gasteiger partial charge >= 0.3 is 0 Å². The van der Waals surface area contributed by atoms with Crippen LogP contribution in [-0.2, 0) is 5.41 Å². The van der Waals surface area contributed by atoms with E-state index in [-0.39, 0.29) is 33.0 Å². The van der Waals surface area contributed by atoms with Crippen LogP contribution in [0.5, 0.6) is 0 Å². The van der Waals surface area contributed by atoms with Crippen LogP contribution in [0.3, 0.4) is 0 Å². The molecule has 37 heavy (non-hydrogen) atoms. The molecule has 0 aliphatic heterocycles. The summed E-state index contributed by atoms with van der Waals surface area (Å²) in [6, 6.07) is -13.6. The fraction of sp³-hybridized carbons (Fsp3) is 0.0811. The zero-order valence-electron chi connectivity index (χ0n) is 39.5. The van der Waals surface area contributed by atoms with Crippen molar-refractivity contribution >= 4 is 43.1 Å². The minimum atomic E-state index is -1.37. The summed E-state index contributed by atoms with van der Waals surface area (Å²) in [5, 5.41) is -3.34. The lowest BCUT2D eigenvalue weighted by Crippen LogP contribution is -2.15. The topological polar surface area (TPSA) is 0 Å². The molecule has 0 fully saturated rings. The maximum Gasteiger partial charge on any atom is 0.0636 e. The lowest BCUT2D eigenvalue weighted by atomic mass is 9.80. The van der Waals surface area contributed by atoms with Crippen molar-refractivity contribution in [1.29, 1.82) is 0 Å². The molecule has 7 aromatic rings. The third kappa shape index (κ3) is 2.79. The number of rotatable bonds is 1. The fourth-order valence-electron chi connectivity index (χ4n) is 5.34. The highest BCUT2D eigenvalue weighted by Crippen LogP contribution is 2.51. The molecule has 0 saturated heterocycles. The average molecular weight is 491 g/mol. The Morgan fingerprint density at radius 2 is 1.16 bits per heavy atom. The molecule has 7 aromatic carbocycles. The van der Waals surface area contributed by atoms with Gasteiger partial charge in [0.25, 0.3) is 0 Å². The summed E-state index contributed by atoms with van der Waals surface area (Å²) < 4.78 is 178. The quantitative estimate of drug-likeness (QED) is 0.159. The number of hydrogen-bond donors (Lipinski definition) is 0. The molecule has 1 aliphatic carbocycles. The first kappa shape index (κ1) is 9.15. The second-order valence-electron chi connectivity index (χ2n) is 9.38. The molecule has 0 N–H and O–H groups in total. The monoisotopic (exact) mass is 490 g/mol. The first-order valence-corrected chi connectivity index (χ1v) is 11.5. The van der Waals surface area contributed by atoms with Crippen LogP contribution in [0.2, 0.25) is 0 Å². The van der Waals surface area contributed by atoms with Gasteiger partial charge in [0.15, 0.2) is 0 Å². The molecule has 0 bridgehead atoms. The van der Waals surface area contributed by atoms with E-state index < -0.39 is 170 Å². The van der Waals surface area contributed by atoms with Gasteiger partial charge in [-0.3, -0.25) is 0 Å².